The highest BCUT2D eigenvalue weighted by molar-refractivity contribution is 6.51. The number of ether oxygens (including phenoxy) is 2. The van der Waals surface area contributed by atoms with Crippen molar-refractivity contribution in [1.82, 2.24) is 0 Å². The van der Waals surface area contributed by atoms with E-state index in [0.29, 0.717) is 39.9 Å². The summed E-state index contributed by atoms with van der Waals surface area (Å²) in [4.78, 5) is 30.1. The number of carbonyl (C=O) groups excluding carboxylic acids is 2. The van der Waals surface area contributed by atoms with Crippen molar-refractivity contribution in [3.63, 3.8) is 0 Å². The number of amides is 1. The fourth-order valence-electron chi connectivity index (χ4n) is 4.22. The van der Waals surface area contributed by atoms with Crippen LogP contribution < -0.4 is 19.3 Å². The average Bonchev–Trinajstić information content (AvgIpc) is 3.14. The molecule has 36 heavy (non-hydrogen) atoms. The standard InChI is InChI=1S/C28H27ClN2O5/c1-5-36-21-8-6-7-20(16-21)31-25(17-9-12-19(13-10-17)30(2)3)24(27(33)28(31)34)26(32)18-11-14-22(29)23(15-18)35-4/h6-16,25,32H,5H2,1-4H3/b26-24+. The summed E-state index contributed by atoms with van der Waals surface area (Å²) in [6.07, 6.45) is 0. The largest absolute Gasteiger partial charge is 0.507 e. The Balaban J connectivity index is 1.92. The van der Waals surface area contributed by atoms with Gasteiger partial charge in [0.05, 0.1) is 30.4 Å². The number of Topliss-reactive ketones (excluding diaryl/α,β-unsaturated/α-hetero) is 1. The lowest BCUT2D eigenvalue weighted by molar-refractivity contribution is -0.132. The third kappa shape index (κ3) is 4.62. The molecule has 0 saturated carbocycles. The van der Waals surface area contributed by atoms with Crippen LogP contribution >= 0.6 is 11.6 Å². The number of hydrogen-bond donors (Lipinski definition) is 1. The number of hydrogen-bond acceptors (Lipinski definition) is 6. The van der Waals surface area contributed by atoms with Crippen LogP contribution in [0.3, 0.4) is 0 Å². The van der Waals surface area contributed by atoms with Gasteiger partial charge in [-0.25, -0.2) is 0 Å². The van der Waals surface area contributed by atoms with Crippen molar-refractivity contribution in [3.05, 3.63) is 88.5 Å². The molecule has 3 aromatic carbocycles. The lowest BCUT2D eigenvalue weighted by Crippen LogP contribution is -2.29. The molecular weight excluding hydrogens is 480 g/mol. The van der Waals surface area contributed by atoms with Crippen molar-refractivity contribution in [2.45, 2.75) is 13.0 Å². The van der Waals surface area contributed by atoms with Crippen LogP contribution in [0.15, 0.2) is 72.3 Å². The fourth-order valence-corrected chi connectivity index (χ4v) is 4.42. The molecule has 1 aliphatic heterocycles. The Morgan fingerprint density at radius 2 is 1.78 bits per heavy atom. The van der Waals surface area contributed by atoms with Crippen LogP contribution in [-0.2, 0) is 9.59 Å². The molecule has 1 unspecified atom stereocenters. The molecule has 1 heterocycles. The molecule has 186 valence electrons. The molecule has 1 atom stereocenters. The van der Waals surface area contributed by atoms with E-state index in [1.165, 1.54) is 18.1 Å². The minimum Gasteiger partial charge on any atom is -0.507 e. The summed E-state index contributed by atoms with van der Waals surface area (Å²) in [6.45, 7) is 2.32. The number of halogens is 1. The number of methoxy groups -OCH3 is 1. The van der Waals surface area contributed by atoms with Gasteiger partial charge < -0.3 is 19.5 Å². The van der Waals surface area contributed by atoms with Gasteiger partial charge in [-0.2, -0.15) is 0 Å². The van der Waals surface area contributed by atoms with Crippen molar-refractivity contribution in [3.8, 4) is 11.5 Å². The molecule has 0 radical (unpaired) electrons. The van der Waals surface area contributed by atoms with Crippen molar-refractivity contribution in [2.75, 3.05) is 37.6 Å². The first-order valence-corrected chi connectivity index (χ1v) is 11.8. The quantitative estimate of drug-likeness (QED) is 0.261. The molecule has 7 nitrogen and oxygen atoms in total. The average molecular weight is 507 g/mol. The van der Waals surface area contributed by atoms with Gasteiger partial charge in [-0.05, 0) is 55.0 Å². The number of rotatable bonds is 7. The molecule has 0 aliphatic carbocycles. The Morgan fingerprint density at radius 1 is 1.06 bits per heavy atom. The van der Waals surface area contributed by atoms with Gasteiger partial charge in [-0.1, -0.05) is 29.8 Å². The maximum absolute atomic E-state index is 13.4. The summed E-state index contributed by atoms with van der Waals surface area (Å²) in [5.41, 5.74) is 2.40. The van der Waals surface area contributed by atoms with Crippen molar-refractivity contribution in [2.24, 2.45) is 0 Å². The Bertz CT molecular complexity index is 1330. The summed E-state index contributed by atoms with van der Waals surface area (Å²) in [7, 11) is 5.31. The first-order chi connectivity index (χ1) is 17.3. The Labute approximate surface area is 215 Å². The molecule has 0 spiro atoms. The first-order valence-electron chi connectivity index (χ1n) is 11.4. The number of aliphatic hydroxyl groups excluding tert-OH is 1. The van der Waals surface area contributed by atoms with Crippen molar-refractivity contribution in [1.29, 1.82) is 0 Å². The molecule has 1 amide bonds. The van der Waals surface area contributed by atoms with E-state index in [1.807, 2.05) is 50.2 Å². The van der Waals surface area contributed by atoms with Gasteiger partial charge in [0.2, 0.25) is 0 Å². The van der Waals surface area contributed by atoms with Crippen LogP contribution in [0.4, 0.5) is 11.4 Å². The molecule has 0 aromatic heterocycles. The van der Waals surface area contributed by atoms with Crippen LogP contribution in [0.2, 0.25) is 5.02 Å². The summed E-state index contributed by atoms with van der Waals surface area (Å²) in [6, 6.07) is 18.3. The number of ketones is 1. The van der Waals surface area contributed by atoms with Crippen LogP contribution in [0.1, 0.15) is 24.1 Å². The molecule has 1 N–H and O–H groups in total. The van der Waals surface area contributed by atoms with Gasteiger partial charge in [-0.15, -0.1) is 0 Å². The van der Waals surface area contributed by atoms with Gasteiger partial charge in [0.1, 0.15) is 17.3 Å². The van der Waals surface area contributed by atoms with E-state index >= 15 is 0 Å². The maximum atomic E-state index is 13.4. The predicted molar refractivity (Wildman–Crippen MR) is 141 cm³/mol. The summed E-state index contributed by atoms with van der Waals surface area (Å²) >= 11 is 6.15. The minimum absolute atomic E-state index is 0.0243. The summed E-state index contributed by atoms with van der Waals surface area (Å²) in [5.74, 6) is -0.932. The highest BCUT2D eigenvalue weighted by atomic mass is 35.5. The minimum atomic E-state index is -0.861. The molecule has 4 rings (SSSR count). The van der Waals surface area contributed by atoms with Crippen molar-refractivity contribution < 1.29 is 24.2 Å². The van der Waals surface area contributed by atoms with Gasteiger partial charge in [0.25, 0.3) is 11.7 Å². The molecular formula is C28H27ClN2O5. The van der Waals surface area contributed by atoms with E-state index in [-0.39, 0.29) is 11.3 Å². The zero-order valence-electron chi connectivity index (χ0n) is 20.5. The highest BCUT2D eigenvalue weighted by Gasteiger charge is 2.47. The molecule has 0 bridgehead atoms. The van der Waals surface area contributed by atoms with Gasteiger partial charge in [-0.3, -0.25) is 14.5 Å². The molecule has 8 heteroatoms. The van der Waals surface area contributed by atoms with Crippen molar-refractivity contribution >= 4 is 40.4 Å². The second-order valence-corrected chi connectivity index (χ2v) is 8.84. The lowest BCUT2D eigenvalue weighted by Gasteiger charge is -2.26. The lowest BCUT2D eigenvalue weighted by atomic mass is 9.94. The van der Waals surface area contributed by atoms with Crippen LogP contribution in [0, 0.1) is 0 Å². The van der Waals surface area contributed by atoms with E-state index < -0.39 is 17.7 Å². The van der Waals surface area contributed by atoms with Crippen LogP contribution in [-0.4, -0.2) is 44.6 Å². The molecule has 1 aliphatic rings. The maximum Gasteiger partial charge on any atom is 0.300 e. The second kappa shape index (κ2) is 10.3. The van der Waals surface area contributed by atoms with Crippen LogP contribution in [0.25, 0.3) is 5.76 Å². The zero-order valence-corrected chi connectivity index (χ0v) is 21.2. The van der Waals surface area contributed by atoms with E-state index in [1.54, 1.807) is 36.4 Å². The smallest absolute Gasteiger partial charge is 0.300 e. The van der Waals surface area contributed by atoms with Gasteiger partial charge in [0, 0.05) is 37.1 Å². The normalized spacial score (nSPS) is 16.8. The second-order valence-electron chi connectivity index (χ2n) is 8.43. The number of carbonyl (C=O) groups is 2. The highest BCUT2D eigenvalue weighted by Crippen LogP contribution is 2.43. The third-order valence-electron chi connectivity index (χ3n) is 6.00. The monoisotopic (exact) mass is 506 g/mol. The Hall–Kier alpha value is -3.97. The van der Waals surface area contributed by atoms with E-state index in [4.69, 9.17) is 21.1 Å². The SMILES string of the molecule is CCOc1cccc(N2C(=O)C(=O)/C(=C(/O)c3ccc(Cl)c(OC)c3)C2c2ccc(N(C)C)cc2)c1. The van der Waals surface area contributed by atoms with E-state index in [0.717, 1.165) is 5.69 Å². The molecule has 1 saturated heterocycles. The van der Waals surface area contributed by atoms with E-state index in [9.17, 15) is 14.7 Å². The van der Waals surface area contributed by atoms with Gasteiger partial charge >= 0.3 is 0 Å². The Kier molecular flexibility index (Phi) is 7.22. The summed E-state index contributed by atoms with van der Waals surface area (Å²) < 4.78 is 10.9. The first kappa shape index (κ1) is 25.1. The third-order valence-corrected chi connectivity index (χ3v) is 6.31. The number of anilines is 2. The number of nitrogens with zero attached hydrogens (tertiary/aromatic N) is 2. The van der Waals surface area contributed by atoms with E-state index in [2.05, 4.69) is 0 Å². The molecule has 1 fully saturated rings. The molecule has 3 aromatic rings. The van der Waals surface area contributed by atoms with Gasteiger partial charge in [0.15, 0.2) is 0 Å². The topological polar surface area (TPSA) is 79.3 Å². The number of benzene rings is 3. The fraction of sp³-hybridized carbons (Fsp3) is 0.214. The van der Waals surface area contributed by atoms with Crippen LogP contribution in [0.5, 0.6) is 11.5 Å². The number of aliphatic hydroxyl groups is 1. The predicted octanol–water partition coefficient (Wildman–Crippen LogP) is 5.44. The zero-order chi connectivity index (χ0) is 26.0. The Morgan fingerprint density at radius 3 is 2.42 bits per heavy atom. The summed E-state index contributed by atoms with van der Waals surface area (Å²) in [5, 5.41) is 11.7.